The van der Waals surface area contributed by atoms with Gasteiger partial charge in [-0.15, -0.1) is 22.7 Å². The molecule has 0 saturated carbocycles. The second-order valence-corrected chi connectivity index (χ2v) is 9.41. The fourth-order valence-electron chi connectivity index (χ4n) is 3.31. The Balaban J connectivity index is 1.50. The minimum atomic E-state index is -0.192. The van der Waals surface area contributed by atoms with Crippen LogP contribution in [0.5, 0.6) is 0 Å². The Morgan fingerprint density at radius 1 is 1.22 bits per heavy atom. The molecule has 3 rings (SSSR count). The van der Waals surface area contributed by atoms with Crippen molar-refractivity contribution in [2.24, 2.45) is 5.92 Å². The molecular formula is C20H27N3O2S2. The summed E-state index contributed by atoms with van der Waals surface area (Å²) < 4.78 is 0. The van der Waals surface area contributed by atoms with E-state index in [9.17, 15) is 9.59 Å². The molecule has 0 aliphatic carbocycles. The highest BCUT2D eigenvalue weighted by molar-refractivity contribution is 7.13. The lowest BCUT2D eigenvalue weighted by Gasteiger charge is -2.36. The lowest BCUT2D eigenvalue weighted by molar-refractivity contribution is -0.120. The molecule has 0 spiro atoms. The van der Waals surface area contributed by atoms with Crippen molar-refractivity contribution < 1.29 is 9.59 Å². The van der Waals surface area contributed by atoms with Gasteiger partial charge in [-0.1, -0.05) is 13.0 Å². The van der Waals surface area contributed by atoms with Crippen LogP contribution in [0.4, 0.5) is 0 Å². The first kappa shape index (κ1) is 20.0. The molecule has 1 fully saturated rings. The van der Waals surface area contributed by atoms with Gasteiger partial charge in [-0.25, -0.2) is 0 Å². The van der Waals surface area contributed by atoms with Gasteiger partial charge in [-0.05, 0) is 62.4 Å². The number of amides is 2. The zero-order valence-electron chi connectivity index (χ0n) is 15.9. The second-order valence-electron chi connectivity index (χ2n) is 7.15. The van der Waals surface area contributed by atoms with Crippen molar-refractivity contribution in [2.45, 2.75) is 32.7 Å². The first-order valence-electron chi connectivity index (χ1n) is 9.41. The molecule has 1 aliphatic rings. The van der Waals surface area contributed by atoms with E-state index in [0.29, 0.717) is 11.4 Å². The molecule has 1 saturated heterocycles. The smallest absolute Gasteiger partial charge is 0.261 e. The molecular weight excluding hydrogens is 378 g/mol. The van der Waals surface area contributed by atoms with E-state index in [-0.39, 0.29) is 24.4 Å². The van der Waals surface area contributed by atoms with Crippen LogP contribution in [-0.4, -0.2) is 42.9 Å². The fourth-order valence-corrected chi connectivity index (χ4v) is 4.95. The van der Waals surface area contributed by atoms with Crippen LogP contribution in [0, 0.1) is 12.8 Å². The fraction of sp³-hybridized carbons (Fsp3) is 0.500. The Morgan fingerprint density at radius 2 is 2.00 bits per heavy atom. The molecule has 1 unspecified atom stereocenters. The van der Waals surface area contributed by atoms with Gasteiger partial charge >= 0.3 is 0 Å². The van der Waals surface area contributed by atoms with E-state index in [1.54, 1.807) is 17.4 Å². The van der Waals surface area contributed by atoms with Gasteiger partial charge in [0, 0.05) is 16.3 Å². The summed E-state index contributed by atoms with van der Waals surface area (Å²) in [4.78, 5) is 29.8. The second kappa shape index (κ2) is 9.48. The zero-order valence-corrected chi connectivity index (χ0v) is 17.5. The minimum absolute atomic E-state index is 0.00394. The van der Waals surface area contributed by atoms with Crippen LogP contribution in [-0.2, 0) is 4.79 Å². The third kappa shape index (κ3) is 5.64. The molecule has 0 aromatic carbocycles. The van der Waals surface area contributed by atoms with Gasteiger partial charge in [0.25, 0.3) is 5.91 Å². The summed E-state index contributed by atoms with van der Waals surface area (Å²) in [5.74, 6) is 0.433. The summed E-state index contributed by atoms with van der Waals surface area (Å²) in [7, 11) is 0. The van der Waals surface area contributed by atoms with Gasteiger partial charge in [0.1, 0.15) is 0 Å². The number of carbonyl (C=O) groups is 2. The predicted molar refractivity (Wildman–Crippen MR) is 111 cm³/mol. The van der Waals surface area contributed by atoms with Crippen LogP contribution in [0.1, 0.15) is 45.2 Å². The summed E-state index contributed by atoms with van der Waals surface area (Å²) in [6.45, 7) is 6.96. The van der Waals surface area contributed by atoms with E-state index in [1.165, 1.54) is 29.1 Å². The maximum Gasteiger partial charge on any atom is 0.261 e. The molecule has 146 valence electrons. The number of hydrogen-bond acceptors (Lipinski definition) is 5. The summed E-state index contributed by atoms with van der Waals surface area (Å²) in [5.41, 5.74) is 0. The van der Waals surface area contributed by atoms with E-state index in [0.717, 1.165) is 23.9 Å². The number of likely N-dealkylation sites (tertiary alicyclic amines) is 1. The van der Waals surface area contributed by atoms with Crippen molar-refractivity contribution in [1.82, 2.24) is 15.5 Å². The molecule has 27 heavy (non-hydrogen) atoms. The molecule has 5 nitrogen and oxygen atoms in total. The van der Waals surface area contributed by atoms with Crippen LogP contribution in [0.25, 0.3) is 0 Å². The highest BCUT2D eigenvalue weighted by Crippen LogP contribution is 2.29. The first-order valence-corrected chi connectivity index (χ1v) is 11.1. The Kier molecular flexibility index (Phi) is 7.04. The number of rotatable bonds is 7. The Bertz CT molecular complexity index is 749. The minimum Gasteiger partial charge on any atom is -0.353 e. The lowest BCUT2D eigenvalue weighted by atomic mass is 9.97. The monoisotopic (exact) mass is 405 g/mol. The quantitative estimate of drug-likeness (QED) is 0.742. The first-order chi connectivity index (χ1) is 13.0. The molecule has 0 bridgehead atoms. The number of aryl methyl sites for hydroxylation is 1. The molecule has 2 aromatic rings. The summed E-state index contributed by atoms with van der Waals surface area (Å²) >= 11 is 3.17. The average Bonchev–Trinajstić information content (AvgIpc) is 3.33. The van der Waals surface area contributed by atoms with Crippen molar-refractivity contribution in [3.05, 3.63) is 44.3 Å². The van der Waals surface area contributed by atoms with Crippen molar-refractivity contribution in [3.8, 4) is 0 Å². The summed E-state index contributed by atoms with van der Waals surface area (Å²) in [6.07, 6.45) is 2.40. The van der Waals surface area contributed by atoms with Crippen LogP contribution in [0.3, 0.4) is 0 Å². The summed E-state index contributed by atoms with van der Waals surface area (Å²) in [5, 5.41) is 7.79. The molecule has 2 aromatic heterocycles. The summed E-state index contributed by atoms with van der Waals surface area (Å²) in [6, 6.07) is 8.10. The van der Waals surface area contributed by atoms with E-state index >= 15 is 0 Å². The van der Waals surface area contributed by atoms with E-state index in [1.807, 2.05) is 13.0 Å². The lowest BCUT2D eigenvalue weighted by Crippen LogP contribution is -2.44. The Hall–Kier alpha value is -1.70. The van der Waals surface area contributed by atoms with Gasteiger partial charge in [-0.2, -0.15) is 0 Å². The number of nitrogens with one attached hydrogen (secondary N) is 2. The van der Waals surface area contributed by atoms with E-state index < -0.39 is 0 Å². The van der Waals surface area contributed by atoms with Crippen molar-refractivity contribution in [2.75, 3.05) is 26.2 Å². The number of piperidine rings is 1. The largest absolute Gasteiger partial charge is 0.353 e. The predicted octanol–water partition coefficient (Wildman–Crippen LogP) is 3.44. The standard InChI is InChI=1S/C20H27N3O2S2/c1-14-7-9-23(10-8-14)16(17-4-3-11-26-17)12-21-19(24)13-22-20(25)18-6-5-15(2)27-18/h3-6,11,14,16H,7-10,12-13H2,1-2H3,(H,21,24)(H,22,25). The molecule has 0 radical (unpaired) electrons. The van der Waals surface area contributed by atoms with E-state index in [4.69, 9.17) is 0 Å². The number of thiophene rings is 2. The third-order valence-corrected chi connectivity index (χ3v) is 6.97. The van der Waals surface area contributed by atoms with Gasteiger partial charge in [0.05, 0.1) is 17.5 Å². The van der Waals surface area contributed by atoms with Crippen LogP contribution < -0.4 is 10.6 Å². The van der Waals surface area contributed by atoms with Crippen LogP contribution in [0.15, 0.2) is 29.6 Å². The molecule has 2 N–H and O–H groups in total. The van der Waals surface area contributed by atoms with E-state index in [2.05, 4.69) is 40.0 Å². The molecule has 3 heterocycles. The third-order valence-electron chi connectivity index (χ3n) is 5.00. The van der Waals surface area contributed by atoms with Crippen molar-refractivity contribution in [1.29, 1.82) is 0 Å². The van der Waals surface area contributed by atoms with Crippen molar-refractivity contribution >= 4 is 34.5 Å². The highest BCUT2D eigenvalue weighted by atomic mass is 32.1. The average molecular weight is 406 g/mol. The number of carbonyl (C=O) groups excluding carboxylic acids is 2. The van der Waals surface area contributed by atoms with Crippen LogP contribution in [0.2, 0.25) is 0 Å². The number of nitrogens with zero attached hydrogens (tertiary/aromatic N) is 1. The number of hydrogen-bond donors (Lipinski definition) is 2. The Morgan fingerprint density at radius 3 is 2.63 bits per heavy atom. The SMILES string of the molecule is Cc1ccc(C(=O)NCC(=O)NCC(c2cccs2)N2CCC(C)CC2)s1. The maximum absolute atomic E-state index is 12.3. The zero-order chi connectivity index (χ0) is 19.2. The van der Waals surface area contributed by atoms with Gasteiger partial charge in [0.2, 0.25) is 5.91 Å². The normalized spacial score (nSPS) is 16.8. The van der Waals surface area contributed by atoms with Crippen LogP contribution >= 0.6 is 22.7 Å². The van der Waals surface area contributed by atoms with Crippen molar-refractivity contribution in [3.63, 3.8) is 0 Å². The highest BCUT2D eigenvalue weighted by Gasteiger charge is 2.25. The molecule has 7 heteroatoms. The molecule has 1 atom stereocenters. The van der Waals surface area contributed by atoms with Gasteiger partial charge in [0.15, 0.2) is 0 Å². The maximum atomic E-state index is 12.3. The Labute approximate surface area is 168 Å². The molecule has 1 aliphatic heterocycles. The topological polar surface area (TPSA) is 61.4 Å². The van der Waals surface area contributed by atoms with Gasteiger partial charge in [-0.3, -0.25) is 14.5 Å². The van der Waals surface area contributed by atoms with Gasteiger partial charge < -0.3 is 10.6 Å². The molecule has 2 amide bonds.